The molecule has 0 saturated carbocycles. The van der Waals surface area contributed by atoms with Crippen molar-refractivity contribution in [1.29, 1.82) is 0 Å². The van der Waals surface area contributed by atoms with Crippen LogP contribution in [0.25, 0.3) is 0 Å². The van der Waals surface area contributed by atoms with Crippen LogP contribution in [0.3, 0.4) is 0 Å². The van der Waals surface area contributed by atoms with Gasteiger partial charge < -0.3 is 14.7 Å². The number of ether oxygens (including phenoxy) is 1. The summed E-state index contributed by atoms with van der Waals surface area (Å²) in [6.07, 6.45) is 1.32. The summed E-state index contributed by atoms with van der Waals surface area (Å²) in [5.74, 6) is -0.826. The van der Waals surface area contributed by atoms with E-state index in [4.69, 9.17) is 4.74 Å². The Balaban J connectivity index is 1.76. The fourth-order valence-corrected chi connectivity index (χ4v) is 4.19. The van der Waals surface area contributed by atoms with E-state index in [1.54, 1.807) is 0 Å². The van der Waals surface area contributed by atoms with Crippen LogP contribution in [-0.4, -0.2) is 62.8 Å². The molecule has 2 aliphatic rings. The molecule has 3 rings (SSSR count). The van der Waals surface area contributed by atoms with Crippen molar-refractivity contribution in [1.82, 2.24) is 9.62 Å². The molecule has 2 heterocycles. The molecule has 2 atom stereocenters. The number of benzene rings is 1. The van der Waals surface area contributed by atoms with Gasteiger partial charge >= 0.3 is 5.97 Å². The fourth-order valence-electron chi connectivity index (χ4n) is 3.72. The van der Waals surface area contributed by atoms with Gasteiger partial charge in [0.15, 0.2) is 0 Å². The molecule has 1 aromatic carbocycles. The van der Waals surface area contributed by atoms with Crippen LogP contribution in [0.15, 0.2) is 24.3 Å². The third-order valence-corrected chi connectivity index (χ3v) is 5.82. The van der Waals surface area contributed by atoms with Crippen LogP contribution < -0.4 is 9.46 Å². The number of likely N-dealkylation sites (tertiary alicyclic amines) is 1. The molecule has 1 fully saturated rings. The van der Waals surface area contributed by atoms with Crippen molar-refractivity contribution < 1.29 is 27.9 Å². The zero-order chi connectivity index (χ0) is 18.9. The van der Waals surface area contributed by atoms with Crippen LogP contribution in [-0.2, 0) is 26.0 Å². The normalized spacial score (nSPS) is 25.0. The molecule has 1 amide bonds. The molecule has 1 unspecified atom stereocenters. The maximum atomic E-state index is 12.4. The molecule has 0 bridgehead atoms. The van der Waals surface area contributed by atoms with Crippen molar-refractivity contribution in [2.45, 2.75) is 12.8 Å². The molecule has 0 aromatic heterocycles. The molecule has 1 aromatic rings. The predicted molar refractivity (Wildman–Crippen MR) is 93.2 cm³/mol. The quantitative estimate of drug-likeness (QED) is 0.746. The van der Waals surface area contributed by atoms with Crippen LogP contribution in [0.1, 0.15) is 12.0 Å². The van der Waals surface area contributed by atoms with Gasteiger partial charge in [0.25, 0.3) is 0 Å². The minimum atomic E-state index is -3.36. The van der Waals surface area contributed by atoms with Gasteiger partial charge in [-0.25, -0.2) is 13.1 Å². The highest BCUT2D eigenvalue weighted by Crippen LogP contribution is 2.44. The molecule has 8 nitrogen and oxygen atoms in total. The van der Waals surface area contributed by atoms with Crippen molar-refractivity contribution >= 4 is 21.9 Å². The number of amides is 1. The van der Waals surface area contributed by atoms with Gasteiger partial charge in [0.05, 0.1) is 18.3 Å². The first-order valence-electron chi connectivity index (χ1n) is 8.38. The van der Waals surface area contributed by atoms with E-state index in [-0.39, 0.29) is 44.5 Å². The Bertz CT molecular complexity index is 824. The largest absolute Gasteiger partial charge is 0.493 e. The third kappa shape index (κ3) is 3.68. The number of sulfonamides is 1. The third-order valence-electron chi connectivity index (χ3n) is 5.10. The molecule has 2 N–H and O–H groups in total. The first-order valence-corrected chi connectivity index (χ1v) is 10.3. The lowest BCUT2D eigenvalue weighted by Crippen LogP contribution is -2.42. The average molecular weight is 382 g/mol. The number of nitrogens with zero attached hydrogens (tertiary/aromatic N) is 1. The Morgan fingerprint density at radius 3 is 2.81 bits per heavy atom. The number of fused-ring (bicyclic) bond motifs is 2. The van der Waals surface area contributed by atoms with Gasteiger partial charge in [-0.15, -0.1) is 0 Å². The van der Waals surface area contributed by atoms with Gasteiger partial charge in [0.1, 0.15) is 5.75 Å². The topological polar surface area (TPSA) is 113 Å². The van der Waals surface area contributed by atoms with Gasteiger partial charge in [-0.05, 0) is 18.1 Å². The van der Waals surface area contributed by atoms with E-state index >= 15 is 0 Å². The molecule has 0 radical (unpaired) electrons. The van der Waals surface area contributed by atoms with Crippen LogP contribution in [0.4, 0.5) is 0 Å². The summed E-state index contributed by atoms with van der Waals surface area (Å²) in [5, 5.41) is 9.95. The van der Waals surface area contributed by atoms with E-state index in [9.17, 15) is 23.1 Å². The number of nitrogens with one attached hydrogen (secondary N) is 1. The summed E-state index contributed by atoms with van der Waals surface area (Å²) in [6, 6.07) is 7.36. The Morgan fingerprint density at radius 2 is 2.12 bits per heavy atom. The van der Waals surface area contributed by atoms with E-state index in [1.807, 2.05) is 24.3 Å². The number of rotatable bonds is 5. The lowest BCUT2D eigenvalue weighted by Gasteiger charge is -2.27. The van der Waals surface area contributed by atoms with E-state index in [2.05, 4.69) is 4.72 Å². The van der Waals surface area contributed by atoms with Crippen LogP contribution in [0.2, 0.25) is 0 Å². The van der Waals surface area contributed by atoms with Gasteiger partial charge in [-0.1, -0.05) is 18.2 Å². The maximum absolute atomic E-state index is 12.4. The summed E-state index contributed by atoms with van der Waals surface area (Å²) < 4.78 is 30.3. The molecule has 142 valence electrons. The molecular weight excluding hydrogens is 360 g/mol. The zero-order valence-electron chi connectivity index (χ0n) is 14.5. The van der Waals surface area contributed by atoms with Crippen molar-refractivity contribution in [2.75, 3.05) is 32.5 Å². The highest BCUT2D eigenvalue weighted by molar-refractivity contribution is 7.88. The number of carboxylic acids is 1. The van der Waals surface area contributed by atoms with Gasteiger partial charge in [0.2, 0.25) is 15.9 Å². The van der Waals surface area contributed by atoms with Gasteiger partial charge in [-0.2, -0.15) is 0 Å². The average Bonchev–Trinajstić information content (AvgIpc) is 2.85. The van der Waals surface area contributed by atoms with Gasteiger partial charge in [-0.3, -0.25) is 9.59 Å². The SMILES string of the molecule is CS(=O)(=O)NCCC(=O)N1CC2COc3ccccc3C[C@@]2(C(=O)O)C1. The van der Waals surface area contributed by atoms with Gasteiger partial charge in [0, 0.05) is 32.0 Å². The van der Waals surface area contributed by atoms with Crippen molar-refractivity contribution in [2.24, 2.45) is 11.3 Å². The maximum Gasteiger partial charge on any atom is 0.312 e. The zero-order valence-corrected chi connectivity index (χ0v) is 15.3. The van der Waals surface area contributed by atoms with Crippen molar-refractivity contribution in [3.63, 3.8) is 0 Å². The number of aliphatic carboxylic acids is 1. The second-order valence-corrected chi connectivity index (χ2v) is 8.78. The molecule has 1 saturated heterocycles. The van der Waals surface area contributed by atoms with Crippen molar-refractivity contribution in [3.05, 3.63) is 29.8 Å². The molecule has 0 spiro atoms. The molecule has 2 aliphatic heterocycles. The summed E-state index contributed by atoms with van der Waals surface area (Å²) >= 11 is 0. The molecule has 26 heavy (non-hydrogen) atoms. The first kappa shape index (κ1) is 18.7. The minimum absolute atomic E-state index is 0.00175. The molecule has 9 heteroatoms. The number of carbonyl (C=O) groups excluding carboxylic acids is 1. The van der Waals surface area contributed by atoms with Crippen LogP contribution in [0, 0.1) is 11.3 Å². The second kappa shape index (κ2) is 6.88. The predicted octanol–water partition coefficient (Wildman–Crippen LogP) is 0.0902. The smallest absolute Gasteiger partial charge is 0.312 e. The van der Waals surface area contributed by atoms with Crippen LogP contribution in [0.5, 0.6) is 5.75 Å². The standard InChI is InChI=1S/C17H22N2O6S/c1-26(23,24)18-7-6-15(20)19-9-13-10-25-14-5-3-2-4-12(14)8-17(13,11-19)16(21)22/h2-5,13,18H,6-11H2,1H3,(H,21,22)/t13?,17-/m1/s1. The van der Waals surface area contributed by atoms with Crippen LogP contribution >= 0.6 is 0 Å². The summed E-state index contributed by atoms with van der Waals surface area (Å²) in [6.45, 7) is 0.618. The monoisotopic (exact) mass is 382 g/mol. The first-order chi connectivity index (χ1) is 12.2. The molecular formula is C17H22N2O6S. The number of carbonyl (C=O) groups is 2. The Morgan fingerprint density at radius 1 is 1.38 bits per heavy atom. The Kier molecular flexibility index (Phi) is 4.94. The lowest BCUT2D eigenvalue weighted by molar-refractivity contribution is -0.151. The Labute approximate surface area is 152 Å². The number of hydrogen-bond acceptors (Lipinski definition) is 5. The number of carboxylic acid groups (broad SMARTS) is 1. The summed E-state index contributed by atoms with van der Waals surface area (Å²) in [4.78, 5) is 26.1. The minimum Gasteiger partial charge on any atom is -0.493 e. The number of hydrogen-bond donors (Lipinski definition) is 2. The van der Waals surface area contributed by atoms with E-state index < -0.39 is 21.4 Å². The summed E-state index contributed by atoms with van der Waals surface area (Å²) in [7, 11) is -3.36. The summed E-state index contributed by atoms with van der Waals surface area (Å²) in [5.41, 5.74) is -0.266. The molecule has 0 aliphatic carbocycles. The van der Waals surface area contributed by atoms with Crippen molar-refractivity contribution in [3.8, 4) is 5.75 Å². The van der Waals surface area contributed by atoms with E-state index in [0.29, 0.717) is 12.2 Å². The lowest BCUT2D eigenvalue weighted by atomic mass is 9.74. The number of para-hydroxylation sites is 1. The van der Waals surface area contributed by atoms with E-state index in [1.165, 1.54) is 4.90 Å². The second-order valence-electron chi connectivity index (χ2n) is 6.94. The fraction of sp³-hybridized carbons (Fsp3) is 0.529. The highest BCUT2D eigenvalue weighted by atomic mass is 32.2. The highest BCUT2D eigenvalue weighted by Gasteiger charge is 2.55. The van der Waals surface area contributed by atoms with E-state index in [0.717, 1.165) is 11.8 Å². The Hall–Kier alpha value is -2.13.